The zero-order chi connectivity index (χ0) is 23.8. The highest BCUT2D eigenvalue weighted by Crippen LogP contribution is 2.17. The number of benzene rings is 2. The summed E-state index contributed by atoms with van der Waals surface area (Å²) < 4.78 is 14.9. The normalized spacial score (nSPS) is 9.50. The van der Waals surface area contributed by atoms with Crippen LogP contribution >= 0.6 is 0 Å². The van der Waals surface area contributed by atoms with Gasteiger partial charge in [-0.3, -0.25) is 4.79 Å². The Labute approximate surface area is 185 Å². The van der Waals surface area contributed by atoms with Gasteiger partial charge >= 0.3 is 12.2 Å². The van der Waals surface area contributed by atoms with E-state index in [2.05, 4.69) is 16.0 Å². The molecule has 174 valence electrons. The first-order valence-electron chi connectivity index (χ1n) is 9.55. The molecule has 0 aliphatic rings. The van der Waals surface area contributed by atoms with Gasteiger partial charge < -0.3 is 40.4 Å². The lowest BCUT2D eigenvalue weighted by Crippen LogP contribution is -2.26. The molecule has 0 saturated heterocycles. The molecule has 32 heavy (non-hydrogen) atoms. The van der Waals surface area contributed by atoms with Crippen LogP contribution in [0.15, 0.2) is 48.5 Å². The quantitative estimate of drug-likeness (QED) is 0.398. The number of aliphatic hydroxyl groups excluding tert-OH is 2. The number of ether oxygens (including phenoxy) is 3. The average Bonchev–Trinajstić information content (AvgIpc) is 2.82. The molecule has 0 spiro atoms. The van der Waals surface area contributed by atoms with Crippen LogP contribution in [0.5, 0.6) is 17.2 Å². The van der Waals surface area contributed by atoms with Crippen LogP contribution in [0.25, 0.3) is 0 Å². The molecule has 0 fully saturated rings. The number of carbonyl (C=O) groups excluding carboxylic acids is 3. The maximum absolute atomic E-state index is 11.5. The minimum Gasteiger partial charge on any atom is -0.491 e. The summed E-state index contributed by atoms with van der Waals surface area (Å²) in [4.78, 5) is 33.2. The summed E-state index contributed by atoms with van der Waals surface area (Å²) in [7, 11) is 2.94. The van der Waals surface area contributed by atoms with Gasteiger partial charge in [0.15, 0.2) is 0 Å². The molecule has 0 atom stereocenters. The third-order valence-corrected chi connectivity index (χ3v) is 3.53. The molecule has 2 aromatic carbocycles. The van der Waals surface area contributed by atoms with E-state index in [4.69, 9.17) is 24.4 Å². The van der Waals surface area contributed by atoms with Crippen molar-refractivity contribution >= 4 is 18.1 Å². The third kappa shape index (κ3) is 10.3. The summed E-state index contributed by atoms with van der Waals surface area (Å²) in [5.74, 6) is 1.12. The molecule has 0 unspecified atom stereocenters. The molecule has 0 saturated carbocycles. The third-order valence-electron chi connectivity index (χ3n) is 3.53. The van der Waals surface area contributed by atoms with E-state index < -0.39 is 12.2 Å². The summed E-state index contributed by atoms with van der Waals surface area (Å²) in [5, 5.41) is 24.2. The molecule has 2 rings (SSSR count). The van der Waals surface area contributed by atoms with Crippen molar-refractivity contribution in [2.24, 2.45) is 0 Å². The number of hydrogen-bond donors (Lipinski definition) is 5. The zero-order valence-corrected chi connectivity index (χ0v) is 17.8. The standard InChI is InChI=1S/C11H14N2O4.C10H13NO4/c1-12-11(16)17-9-4-2-8(3-5-9)10(15)13-6-7-14;1-11-10(13)15-9-4-2-8(3-5-9)14-7-6-12/h2-5,14H,6-7H2,1H3,(H,12,16)(H,13,15);2-5,12H,6-7H2,1H3,(H,11,13). The second-order valence-electron chi connectivity index (χ2n) is 5.83. The fraction of sp³-hybridized carbons (Fsp3) is 0.286. The highest BCUT2D eigenvalue weighted by Gasteiger charge is 2.06. The van der Waals surface area contributed by atoms with Crippen molar-refractivity contribution in [1.29, 1.82) is 0 Å². The summed E-state index contributed by atoms with van der Waals surface area (Å²) in [6, 6.07) is 12.6. The number of amides is 3. The Hall–Kier alpha value is -3.83. The van der Waals surface area contributed by atoms with Gasteiger partial charge in [0, 0.05) is 26.2 Å². The number of aliphatic hydroxyl groups is 2. The predicted octanol–water partition coefficient (Wildman–Crippen LogP) is 0.903. The number of carbonyl (C=O) groups is 3. The molecule has 5 N–H and O–H groups in total. The lowest BCUT2D eigenvalue weighted by molar-refractivity contribution is 0.0944. The van der Waals surface area contributed by atoms with Gasteiger partial charge in [-0.2, -0.15) is 0 Å². The molecule has 0 aliphatic heterocycles. The molecule has 0 aromatic heterocycles. The Morgan fingerprint density at radius 3 is 1.66 bits per heavy atom. The lowest BCUT2D eigenvalue weighted by Gasteiger charge is -2.05. The maximum atomic E-state index is 11.5. The van der Waals surface area contributed by atoms with Crippen LogP contribution in [0.4, 0.5) is 9.59 Å². The van der Waals surface area contributed by atoms with Gasteiger partial charge in [-0.1, -0.05) is 0 Å². The fourth-order valence-electron chi connectivity index (χ4n) is 2.03. The van der Waals surface area contributed by atoms with Crippen molar-refractivity contribution in [3.63, 3.8) is 0 Å². The summed E-state index contributed by atoms with van der Waals surface area (Å²) in [6.07, 6.45) is -1.08. The van der Waals surface area contributed by atoms with Crippen LogP contribution in [0.1, 0.15) is 10.4 Å². The maximum Gasteiger partial charge on any atom is 0.412 e. The summed E-state index contributed by atoms with van der Waals surface area (Å²) in [5.41, 5.74) is 0.433. The number of nitrogens with one attached hydrogen (secondary N) is 3. The van der Waals surface area contributed by atoms with Crippen LogP contribution in [0.2, 0.25) is 0 Å². The van der Waals surface area contributed by atoms with Gasteiger partial charge in [-0.15, -0.1) is 0 Å². The monoisotopic (exact) mass is 449 g/mol. The first kappa shape index (κ1) is 26.2. The van der Waals surface area contributed by atoms with Crippen molar-refractivity contribution in [2.45, 2.75) is 0 Å². The van der Waals surface area contributed by atoms with Crippen LogP contribution in [0, 0.1) is 0 Å². The van der Waals surface area contributed by atoms with E-state index in [-0.39, 0.29) is 32.3 Å². The van der Waals surface area contributed by atoms with Crippen molar-refractivity contribution in [1.82, 2.24) is 16.0 Å². The van der Waals surface area contributed by atoms with Crippen LogP contribution in [0.3, 0.4) is 0 Å². The number of hydrogen-bond acceptors (Lipinski definition) is 8. The zero-order valence-electron chi connectivity index (χ0n) is 17.8. The molecule has 11 nitrogen and oxygen atoms in total. The van der Waals surface area contributed by atoms with Gasteiger partial charge in [-0.05, 0) is 48.5 Å². The highest BCUT2D eigenvalue weighted by atomic mass is 16.6. The van der Waals surface area contributed by atoms with Crippen molar-refractivity contribution in [2.75, 3.05) is 40.5 Å². The molecular formula is C21H27N3O8. The summed E-state index contributed by atoms with van der Waals surface area (Å²) in [6.45, 7) is 0.311. The molecular weight excluding hydrogens is 422 g/mol. The second-order valence-corrected chi connectivity index (χ2v) is 5.83. The first-order valence-corrected chi connectivity index (χ1v) is 9.55. The van der Waals surface area contributed by atoms with E-state index in [1.165, 1.54) is 38.4 Å². The highest BCUT2D eigenvalue weighted by molar-refractivity contribution is 5.94. The predicted molar refractivity (Wildman–Crippen MR) is 115 cm³/mol. The minimum absolute atomic E-state index is 0.0313. The fourth-order valence-corrected chi connectivity index (χ4v) is 2.03. The Bertz CT molecular complexity index is 841. The first-order chi connectivity index (χ1) is 15.4. The Balaban J connectivity index is 0.000000323. The van der Waals surface area contributed by atoms with E-state index in [1.54, 1.807) is 24.3 Å². The van der Waals surface area contributed by atoms with E-state index in [1.807, 2.05) is 0 Å². The van der Waals surface area contributed by atoms with Crippen LogP contribution < -0.4 is 30.2 Å². The average molecular weight is 449 g/mol. The van der Waals surface area contributed by atoms with Gasteiger partial charge in [0.2, 0.25) is 0 Å². The van der Waals surface area contributed by atoms with Crippen LogP contribution in [-0.4, -0.2) is 68.8 Å². The lowest BCUT2D eigenvalue weighted by atomic mass is 10.2. The largest absolute Gasteiger partial charge is 0.491 e. The molecule has 11 heteroatoms. The Morgan fingerprint density at radius 1 is 0.750 bits per heavy atom. The SMILES string of the molecule is CNC(=O)Oc1ccc(C(=O)NCCO)cc1.CNC(=O)Oc1ccc(OCCO)cc1. The molecule has 0 radical (unpaired) electrons. The Kier molecular flexibility index (Phi) is 12.3. The van der Waals surface area contributed by atoms with Crippen molar-refractivity contribution < 1.29 is 38.8 Å². The van der Waals surface area contributed by atoms with E-state index >= 15 is 0 Å². The summed E-state index contributed by atoms with van der Waals surface area (Å²) >= 11 is 0. The van der Waals surface area contributed by atoms with E-state index in [0.29, 0.717) is 22.8 Å². The number of rotatable bonds is 8. The second kappa shape index (κ2) is 15.0. The van der Waals surface area contributed by atoms with Crippen molar-refractivity contribution in [3.8, 4) is 17.2 Å². The van der Waals surface area contributed by atoms with Gasteiger partial charge in [-0.25, -0.2) is 9.59 Å². The molecule has 0 heterocycles. The molecule has 3 amide bonds. The van der Waals surface area contributed by atoms with Gasteiger partial charge in [0.05, 0.1) is 13.2 Å². The van der Waals surface area contributed by atoms with Crippen molar-refractivity contribution in [3.05, 3.63) is 54.1 Å². The molecule has 2 aromatic rings. The Morgan fingerprint density at radius 2 is 1.22 bits per heavy atom. The molecule has 0 aliphatic carbocycles. The van der Waals surface area contributed by atoms with Crippen LogP contribution in [-0.2, 0) is 0 Å². The van der Waals surface area contributed by atoms with E-state index in [0.717, 1.165) is 0 Å². The smallest absolute Gasteiger partial charge is 0.412 e. The van der Waals surface area contributed by atoms with Gasteiger partial charge in [0.25, 0.3) is 5.91 Å². The topological polar surface area (TPSA) is 155 Å². The van der Waals surface area contributed by atoms with E-state index in [9.17, 15) is 14.4 Å². The van der Waals surface area contributed by atoms with Gasteiger partial charge in [0.1, 0.15) is 23.9 Å². The molecule has 0 bridgehead atoms. The minimum atomic E-state index is -0.567.